The topological polar surface area (TPSA) is 15.8 Å². The fourth-order valence-electron chi connectivity index (χ4n) is 4.36. The third-order valence-corrected chi connectivity index (χ3v) is 5.63. The average molecular weight is 331 g/mol. The maximum absolute atomic E-state index is 3.55. The Morgan fingerprint density at radius 1 is 0.538 bits per heavy atom. The second kappa shape index (κ2) is 5.09. The van der Waals surface area contributed by atoms with E-state index in [4.69, 9.17) is 0 Å². The van der Waals surface area contributed by atoms with Gasteiger partial charge in [0, 0.05) is 21.8 Å². The van der Waals surface area contributed by atoms with Crippen LogP contribution in [0.25, 0.3) is 44.1 Å². The third-order valence-electron chi connectivity index (χ3n) is 5.63. The van der Waals surface area contributed by atoms with E-state index in [1.165, 1.54) is 55.2 Å². The lowest BCUT2D eigenvalue weighted by atomic mass is 9.98. The minimum Gasteiger partial charge on any atom is -0.354 e. The summed E-state index contributed by atoms with van der Waals surface area (Å²) in [4.78, 5) is 3.55. The van der Waals surface area contributed by atoms with Crippen LogP contribution < -0.4 is 0 Å². The van der Waals surface area contributed by atoms with Gasteiger partial charge in [-0.25, -0.2) is 0 Å². The maximum Gasteiger partial charge on any atom is 0.0471 e. The molecule has 6 rings (SSSR count). The van der Waals surface area contributed by atoms with Gasteiger partial charge in [-0.2, -0.15) is 0 Å². The Morgan fingerprint density at radius 2 is 1.27 bits per heavy atom. The molecule has 1 aliphatic rings. The standard InChI is InChI=1S/C25H17N/c1-2-6-20-18(5-1)14-19-13-16(9-11-21(19)20)17-10-12-23-22-7-3-4-8-24(22)26-25(23)15-17/h1-13,15,26H,14H2. The van der Waals surface area contributed by atoms with Crippen LogP contribution >= 0.6 is 0 Å². The summed E-state index contributed by atoms with van der Waals surface area (Å²) >= 11 is 0. The van der Waals surface area contributed by atoms with Gasteiger partial charge in [-0.1, -0.05) is 72.8 Å². The van der Waals surface area contributed by atoms with Crippen molar-refractivity contribution in [2.24, 2.45) is 0 Å². The number of aromatic amines is 1. The Bertz CT molecular complexity index is 1310. The van der Waals surface area contributed by atoms with Gasteiger partial charge in [0.05, 0.1) is 0 Å². The summed E-state index contributed by atoms with van der Waals surface area (Å²) in [6.07, 6.45) is 1.04. The number of hydrogen-bond acceptors (Lipinski definition) is 0. The first-order valence-corrected chi connectivity index (χ1v) is 9.09. The molecule has 1 nitrogen and oxygen atoms in total. The molecule has 0 spiro atoms. The second-order valence-electron chi connectivity index (χ2n) is 7.14. The first-order chi connectivity index (χ1) is 12.9. The Labute approximate surface area is 151 Å². The molecule has 0 radical (unpaired) electrons. The van der Waals surface area contributed by atoms with Crippen LogP contribution in [0.3, 0.4) is 0 Å². The molecule has 0 unspecified atom stereocenters. The third kappa shape index (κ3) is 1.91. The summed E-state index contributed by atoms with van der Waals surface area (Å²) < 4.78 is 0. The minimum atomic E-state index is 1.04. The number of fused-ring (bicyclic) bond motifs is 6. The summed E-state index contributed by atoms with van der Waals surface area (Å²) in [7, 11) is 0. The van der Waals surface area contributed by atoms with Gasteiger partial charge < -0.3 is 4.98 Å². The van der Waals surface area contributed by atoms with Crippen LogP contribution in [-0.2, 0) is 6.42 Å². The number of hydrogen-bond donors (Lipinski definition) is 1. The highest BCUT2D eigenvalue weighted by Crippen LogP contribution is 2.39. The van der Waals surface area contributed by atoms with Gasteiger partial charge in [0.25, 0.3) is 0 Å². The molecule has 0 saturated heterocycles. The summed E-state index contributed by atoms with van der Waals surface area (Å²) in [5.41, 5.74) is 10.6. The number of H-pyrrole nitrogens is 1. The molecule has 0 amide bonds. The van der Waals surface area contributed by atoms with Gasteiger partial charge in [0.2, 0.25) is 0 Å². The monoisotopic (exact) mass is 331 g/mol. The Hall–Kier alpha value is -3.32. The van der Waals surface area contributed by atoms with Crippen molar-refractivity contribution in [3.8, 4) is 22.3 Å². The molecule has 26 heavy (non-hydrogen) atoms. The van der Waals surface area contributed by atoms with Crippen molar-refractivity contribution in [1.82, 2.24) is 4.98 Å². The van der Waals surface area contributed by atoms with Gasteiger partial charge in [-0.05, 0) is 51.9 Å². The fourth-order valence-corrected chi connectivity index (χ4v) is 4.36. The molecule has 0 saturated carbocycles. The molecule has 122 valence electrons. The summed E-state index contributed by atoms with van der Waals surface area (Å²) in [5, 5.41) is 2.58. The Kier molecular flexibility index (Phi) is 2.72. The molecule has 5 aromatic rings. The fraction of sp³-hybridized carbons (Fsp3) is 0.0400. The number of rotatable bonds is 1. The minimum absolute atomic E-state index is 1.04. The molecule has 0 aliphatic heterocycles. The summed E-state index contributed by atoms with van der Waals surface area (Å²) in [6, 6.07) is 30.9. The molecule has 1 N–H and O–H groups in total. The van der Waals surface area contributed by atoms with Crippen molar-refractivity contribution >= 4 is 21.8 Å². The number of para-hydroxylation sites is 1. The quantitative estimate of drug-likeness (QED) is 0.351. The van der Waals surface area contributed by atoms with E-state index in [2.05, 4.69) is 89.9 Å². The number of nitrogens with one attached hydrogen (secondary N) is 1. The van der Waals surface area contributed by atoms with Gasteiger partial charge in [-0.3, -0.25) is 0 Å². The molecule has 1 aliphatic carbocycles. The van der Waals surface area contributed by atoms with Gasteiger partial charge in [0.1, 0.15) is 0 Å². The van der Waals surface area contributed by atoms with Crippen LogP contribution in [0.4, 0.5) is 0 Å². The largest absolute Gasteiger partial charge is 0.354 e. The van der Waals surface area contributed by atoms with E-state index >= 15 is 0 Å². The van der Waals surface area contributed by atoms with Crippen LogP contribution in [0.5, 0.6) is 0 Å². The van der Waals surface area contributed by atoms with Gasteiger partial charge in [-0.15, -0.1) is 0 Å². The molecular weight excluding hydrogens is 314 g/mol. The van der Waals surface area contributed by atoms with Gasteiger partial charge in [0.15, 0.2) is 0 Å². The zero-order valence-electron chi connectivity index (χ0n) is 14.3. The van der Waals surface area contributed by atoms with E-state index in [1.54, 1.807) is 0 Å². The number of aromatic nitrogens is 1. The first-order valence-electron chi connectivity index (χ1n) is 9.09. The molecule has 1 aromatic heterocycles. The maximum atomic E-state index is 3.55. The predicted molar refractivity (Wildman–Crippen MR) is 109 cm³/mol. The lowest BCUT2D eigenvalue weighted by Crippen LogP contribution is -1.84. The second-order valence-corrected chi connectivity index (χ2v) is 7.14. The molecule has 0 bridgehead atoms. The van der Waals surface area contributed by atoms with Crippen molar-refractivity contribution in [3.63, 3.8) is 0 Å². The molecule has 1 heterocycles. The van der Waals surface area contributed by atoms with Crippen molar-refractivity contribution in [1.29, 1.82) is 0 Å². The van der Waals surface area contributed by atoms with E-state index in [9.17, 15) is 0 Å². The molecule has 0 atom stereocenters. The highest BCUT2D eigenvalue weighted by atomic mass is 14.7. The summed E-state index contributed by atoms with van der Waals surface area (Å²) in [6.45, 7) is 0. The summed E-state index contributed by atoms with van der Waals surface area (Å²) in [5.74, 6) is 0. The van der Waals surface area contributed by atoms with Crippen LogP contribution in [0.2, 0.25) is 0 Å². The van der Waals surface area contributed by atoms with E-state index in [0.29, 0.717) is 0 Å². The van der Waals surface area contributed by atoms with E-state index in [-0.39, 0.29) is 0 Å². The van der Waals surface area contributed by atoms with Crippen LogP contribution in [-0.4, -0.2) is 4.98 Å². The number of benzene rings is 4. The van der Waals surface area contributed by atoms with Crippen LogP contribution in [0, 0.1) is 0 Å². The molecular formula is C25H17N. The normalized spacial score (nSPS) is 12.5. The smallest absolute Gasteiger partial charge is 0.0471 e. The lowest BCUT2D eigenvalue weighted by molar-refractivity contribution is 1.26. The van der Waals surface area contributed by atoms with Gasteiger partial charge >= 0.3 is 0 Å². The SMILES string of the molecule is c1ccc2c(c1)Cc1cc(-c3ccc4c(c3)[nH]c3ccccc34)ccc1-2. The van der Waals surface area contributed by atoms with Crippen LogP contribution in [0.1, 0.15) is 11.1 Å². The zero-order chi connectivity index (χ0) is 17.1. The molecule has 0 fully saturated rings. The zero-order valence-corrected chi connectivity index (χ0v) is 14.3. The average Bonchev–Trinajstić information content (AvgIpc) is 3.24. The van der Waals surface area contributed by atoms with Crippen molar-refractivity contribution in [3.05, 3.63) is 96.1 Å². The van der Waals surface area contributed by atoms with Crippen molar-refractivity contribution < 1.29 is 0 Å². The van der Waals surface area contributed by atoms with E-state index in [1.807, 2.05) is 0 Å². The Balaban J connectivity index is 1.49. The highest BCUT2D eigenvalue weighted by molar-refractivity contribution is 6.08. The lowest BCUT2D eigenvalue weighted by Gasteiger charge is -2.06. The van der Waals surface area contributed by atoms with Crippen molar-refractivity contribution in [2.75, 3.05) is 0 Å². The molecule has 1 heteroatoms. The molecule has 4 aromatic carbocycles. The predicted octanol–water partition coefficient (Wildman–Crippen LogP) is 6.56. The first kappa shape index (κ1) is 13.9. The highest BCUT2D eigenvalue weighted by Gasteiger charge is 2.18. The van der Waals surface area contributed by atoms with E-state index < -0.39 is 0 Å². The van der Waals surface area contributed by atoms with Crippen LogP contribution in [0.15, 0.2) is 84.9 Å². The Morgan fingerprint density at radius 3 is 2.27 bits per heavy atom. The van der Waals surface area contributed by atoms with Crippen molar-refractivity contribution in [2.45, 2.75) is 6.42 Å². The van der Waals surface area contributed by atoms with E-state index in [0.717, 1.165) is 6.42 Å².